The van der Waals surface area contributed by atoms with Gasteiger partial charge in [-0.3, -0.25) is 0 Å². The number of hydrogen-bond acceptors (Lipinski definition) is 12. The van der Waals surface area contributed by atoms with Gasteiger partial charge in [0.25, 0.3) is 0 Å². The second kappa shape index (κ2) is 18.8. The van der Waals surface area contributed by atoms with Crippen molar-refractivity contribution in [2.24, 2.45) is 23.7 Å². The molecule has 0 aliphatic carbocycles. The zero-order valence-electron chi connectivity index (χ0n) is 39.4. The van der Waals surface area contributed by atoms with Gasteiger partial charge in [0.15, 0.2) is 0 Å². The third-order valence-corrected chi connectivity index (χ3v) is 16.1. The van der Waals surface area contributed by atoms with Gasteiger partial charge in [-0.1, -0.05) is 97.1 Å². The number of nitrogens with zero attached hydrogens (tertiary/aromatic N) is 8. The molecule has 4 aromatic heterocycles. The number of aromatic nitrogens is 8. The second-order valence-corrected chi connectivity index (χ2v) is 19.9. The standard InChI is InChI=1S/4C14H14N2O2/c4*17-13-7-18-6-11(13)14-10-4-2-1-3-9(10)12-5-15-8-16(12)14/h4*1-5,8,11,13-14,17H,6-7H2/t2*11-,13-,14+;2*11-,13-,14-/m1010/s1. The van der Waals surface area contributed by atoms with Crippen LogP contribution in [0, 0.1) is 23.7 Å². The highest BCUT2D eigenvalue weighted by Gasteiger charge is 2.44. The Morgan fingerprint density at radius 1 is 0.319 bits per heavy atom. The molecular formula is C56H56N8O8. The Kier molecular flexibility index (Phi) is 11.8. The van der Waals surface area contributed by atoms with E-state index < -0.39 is 24.4 Å². The number of imidazole rings is 4. The lowest BCUT2D eigenvalue weighted by Gasteiger charge is -2.23. The van der Waals surface area contributed by atoms with Crippen LogP contribution < -0.4 is 0 Å². The van der Waals surface area contributed by atoms with Gasteiger partial charge in [0.2, 0.25) is 0 Å². The van der Waals surface area contributed by atoms with Gasteiger partial charge in [-0.25, -0.2) is 19.9 Å². The summed E-state index contributed by atoms with van der Waals surface area (Å²) in [7, 11) is 0. The van der Waals surface area contributed by atoms with Crippen molar-refractivity contribution < 1.29 is 39.4 Å². The van der Waals surface area contributed by atoms with Crippen molar-refractivity contribution in [3.63, 3.8) is 0 Å². The van der Waals surface area contributed by atoms with Gasteiger partial charge in [-0.15, -0.1) is 0 Å². The molecule has 16 rings (SSSR count). The highest BCUT2D eigenvalue weighted by Crippen LogP contribution is 2.48. The Hall–Kier alpha value is -6.60. The Labute approximate surface area is 415 Å². The summed E-state index contributed by atoms with van der Waals surface area (Å²) in [6.07, 6.45) is 13.4. The summed E-state index contributed by atoms with van der Waals surface area (Å²) in [4.78, 5) is 16.9. The van der Waals surface area contributed by atoms with E-state index in [0.29, 0.717) is 52.9 Å². The van der Waals surface area contributed by atoms with E-state index in [9.17, 15) is 20.4 Å². The first-order chi connectivity index (χ1) is 35.4. The number of fused-ring (bicyclic) bond motifs is 12. The molecule has 8 aromatic rings. The van der Waals surface area contributed by atoms with Gasteiger partial charge in [0.05, 0.1) is 174 Å². The Bertz CT molecular complexity index is 2790. The lowest BCUT2D eigenvalue weighted by molar-refractivity contribution is 0.111. The molecule has 368 valence electrons. The first-order valence-corrected chi connectivity index (χ1v) is 24.9. The molecule has 0 unspecified atom stereocenters. The topological polar surface area (TPSA) is 189 Å². The van der Waals surface area contributed by atoms with Gasteiger partial charge in [-0.05, 0) is 22.3 Å². The predicted molar refractivity (Wildman–Crippen MR) is 264 cm³/mol. The molecular weight excluding hydrogens is 913 g/mol. The van der Waals surface area contributed by atoms with Crippen molar-refractivity contribution in [3.8, 4) is 45.0 Å². The molecule has 4 N–H and O–H groups in total. The molecule has 0 bridgehead atoms. The summed E-state index contributed by atoms with van der Waals surface area (Å²) in [6.45, 7) is 4.19. The minimum Gasteiger partial charge on any atom is -0.390 e. The fraction of sp³-hybridized carbons (Fsp3) is 0.357. The molecule has 0 saturated carbocycles. The van der Waals surface area contributed by atoms with Gasteiger partial charge in [-0.2, -0.15) is 0 Å². The second-order valence-electron chi connectivity index (χ2n) is 19.9. The van der Waals surface area contributed by atoms with Crippen molar-refractivity contribution in [1.82, 2.24) is 38.2 Å². The molecule has 4 aromatic carbocycles. The molecule has 8 aliphatic heterocycles. The zero-order chi connectivity index (χ0) is 48.5. The van der Waals surface area contributed by atoms with Crippen molar-refractivity contribution in [2.45, 2.75) is 48.6 Å². The molecule has 12 heterocycles. The maximum absolute atomic E-state index is 10.1. The van der Waals surface area contributed by atoms with Crippen LogP contribution in [0.25, 0.3) is 45.0 Å². The maximum atomic E-state index is 10.1. The van der Waals surface area contributed by atoms with Gasteiger partial charge >= 0.3 is 0 Å². The molecule has 0 spiro atoms. The van der Waals surface area contributed by atoms with Crippen molar-refractivity contribution >= 4 is 0 Å². The van der Waals surface area contributed by atoms with E-state index in [-0.39, 0.29) is 47.8 Å². The van der Waals surface area contributed by atoms with E-state index >= 15 is 0 Å². The molecule has 4 fully saturated rings. The van der Waals surface area contributed by atoms with E-state index in [1.807, 2.05) is 98.6 Å². The fourth-order valence-corrected chi connectivity index (χ4v) is 12.7. The maximum Gasteiger partial charge on any atom is 0.0956 e. The molecule has 72 heavy (non-hydrogen) atoms. The van der Waals surface area contributed by atoms with Gasteiger partial charge in [0, 0.05) is 45.9 Å². The number of aliphatic hydroxyl groups excluding tert-OH is 4. The van der Waals surface area contributed by atoms with Crippen LogP contribution in [-0.2, 0) is 18.9 Å². The molecule has 12 atom stereocenters. The van der Waals surface area contributed by atoms with E-state index in [1.165, 1.54) is 44.5 Å². The average molecular weight is 969 g/mol. The largest absolute Gasteiger partial charge is 0.390 e. The van der Waals surface area contributed by atoms with Crippen molar-refractivity contribution in [2.75, 3.05) is 52.9 Å². The minimum atomic E-state index is -0.392. The SMILES string of the molecule is O[C@@H]1COC[C@H]1[C@@H]1c2ccccc2-c2cncn21.O[C@@H]1COC[C@H]1[C@H]1c2ccccc2-c2cncn21.O[C@H]1COC[C@@H]1[C@@H]1c2ccccc2-c2cncn21.O[C@H]1COC[C@@H]1[C@H]1c2ccccc2-c2cncn21. The molecule has 16 heteroatoms. The monoisotopic (exact) mass is 968 g/mol. The Morgan fingerprint density at radius 3 is 0.750 bits per heavy atom. The zero-order valence-corrected chi connectivity index (χ0v) is 39.4. The quantitative estimate of drug-likeness (QED) is 0.165. The number of hydrogen-bond donors (Lipinski definition) is 4. The van der Waals surface area contributed by atoms with Crippen LogP contribution >= 0.6 is 0 Å². The summed E-state index contributed by atoms with van der Waals surface area (Å²) >= 11 is 0. The Morgan fingerprint density at radius 2 is 0.542 bits per heavy atom. The molecule has 0 radical (unpaired) electrons. The van der Waals surface area contributed by atoms with Crippen LogP contribution in [0.4, 0.5) is 0 Å². The molecule has 16 nitrogen and oxygen atoms in total. The van der Waals surface area contributed by atoms with Crippen molar-refractivity contribution in [3.05, 3.63) is 169 Å². The van der Waals surface area contributed by atoms with E-state index in [1.54, 1.807) is 0 Å². The summed E-state index contributed by atoms with van der Waals surface area (Å²) in [5.41, 5.74) is 14.5. The molecule has 4 saturated heterocycles. The van der Waals surface area contributed by atoms with E-state index in [4.69, 9.17) is 18.9 Å². The average Bonchev–Trinajstić information content (AvgIpc) is 4.23. The molecule has 0 amide bonds. The highest BCUT2D eigenvalue weighted by molar-refractivity contribution is 5.72. The first-order valence-electron chi connectivity index (χ1n) is 24.9. The number of aliphatic hydroxyl groups is 4. The third-order valence-electron chi connectivity index (χ3n) is 16.1. The minimum absolute atomic E-state index is 0.113. The Balaban J connectivity index is 0.0000000933. The number of ether oxygens (including phenoxy) is 4. The van der Waals surface area contributed by atoms with Crippen LogP contribution in [0.1, 0.15) is 46.4 Å². The normalized spacial score (nSPS) is 29.3. The van der Waals surface area contributed by atoms with Crippen LogP contribution in [0.5, 0.6) is 0 Å². The third kappa shape index (κ3) is 7.50. The highest BCUT2D eigenvalue weighted by atomic mass is 16.5. The first kappa shape index (κ1) is 45.3. The number of rotatable bonds is 4. The lowest BCUT2D eigenvalue weighted by atomic mass is 9.90. The smallest absolute Gasteiger partial charge is 0.0956 e. The van der Waals surface area contributed by atoms with Crippen LogP contribution in [0.3, 0.4) is 0 Å². The van der Waals surface area contributed by atoms with Crippen molar-refractivity contribution in [1.29, 1.82) is 0 Å². The van der Waals surface area contributed by atoms with Gasteiger partial charge < -0.3 is 57.6 Å². The predicted octanol–water partition coefficient (Wildman–Crippen LogP) is 5.84. The summed E-state index contributed by atoms with van der Waals surface area (Å²) in [5, 5.41) is 40.3. The van der Waals surface area contributed by atoms with E-state index in [2.05, 4.69) is 86.7 Å². The molecule has 8 aliphatic rings. The summed E-state index contributed by atoms with van der Waals surface area (Å²) in [5.74, 6) is 0.450. The lowest BCUT2D eigenvalue weighted by Crippen LogP contribution is -2.27. The van der Waals surface area contributed by atoms with Gasteiger partial charge in [0.1, 0.15) is 0 Å². The van der Waals surface area contributed by atoms with E-state index in [0.717, 1.165) is 22.8 Å². The van der Waals surface area contributed by atoms with Crippen LogP contribution in [-0.4, -0.2) is 136 Å². The summed E-state index contributed by atoms with van der Waals surface area (Å²) in [6, 6.07) is 34.0. The van der Waals surface area contributed by atoms with Crippen LogP contribution in [0.15, 0.2) is 147 Å². The summed E-state index contributed by atoms with van der Waals surface area (Å²) < 4.78 is 30.3. The number of benzene rings is 4. The fourth-order valence-electron chi connectivity index (χ4n) is 12.7. The van der Waals surface area contributed by atoms with Crippen LogP contribution in [0.2, 0.25) is 0 Å².